The van der Waals surface area contributed by atoms with Crippen molar-refractivity contribution in [1.29, 1.82) is 0 Å². The summed E-state index contributed by atoms with van der Waals surface area (Å²) in [6.07, 6.45) is 11.0. The number of hydrogen-bond donors (Lipinski definition) is 0. The molecule has 0 N–H and O–H groups in total. The van der Waals surface area contributed by atoms with Gasteiger partial charge in [0.25, 0.3) is 0 Å². The molecule has 34 heavy (non-hydrogen) atoms. The van der Waals surface area contributed by atoms with Crippen LogP contribution in [0.2, 0.25) is 0 Å². The van der Waals surface area contributed by atoms with E-state index in [0.29, 0.717) is 16.8 Å². The average Bonchev–Trinajstić information content (AvgIpc) is 3.50. The van der Waals surface area contributed by atoms with Crippen molar-refractivity contribution < 1.29 is 14.3 Å². The highest BCUT2D eigenvalue weighted by Crippen LogP contribution is 2.42. The maximum absolute atomic E-state index is 14.1. The van der Waals surface area contributed by atoms with E-state index in [-0.39, 0.29) is 29.3 Å². The topological polar surface area (TPSA) is 77.3 Å². The van der Waals surface area contributed by atoms with E-state index >= 15 is 0 Å². The number of rotatable bonds is 5. The standard InChI is InChI=1S/C26H38N4O3S/c1-17-6-8-18(9-7-17)24(31)30(20-12-10-19(11-13-20)29-16-27-15-28-29)21-14-22(26(2,3)4)34-23(21)25(32)33-5/h14-20H,6-13H2,1-5H3. The molecule has 0 saturated heterocycles. The minimum atomic E-state index is -0.359. The van der Waals surface area contributed by atoms with Crippen LogP contribution in [0, 0.1) is 11.8 Å². The lowest BCUT2D eigenvalue weighted by atomic mass is 9.81. The van der Waals surface area contributed by atoms with Crippen LogP contribution in [-0.4, -0.2) is 39.8 Å². The summed E-state index contributed by atoms with van der Waals surface area (Å²) < 4.78 is 7.10. The molecule has 2 saturated carbocycles. The average molecular weight is 487 g/mol. The molecule has 7 nitrogen and oxygen atoms in total. The molecular formula is C26H38N4O3S. The summed E-state index contributed by atoms with van der Waals surface area (Å²) in [6, 6.07) is 2.44. The van der Waals surface area contributed by atoms with Crippen LogP contribution in [0.5, 0.6) is 0 Å². The number of nitrogens with zero attached hydrogens (tertiary/aromatic N) is 4. The minimum absolute atomic E-state index is 0.0210. The number of hydrogen-bond acceptors (Lipinski definition) is 6. The van der Waals surface area contributed by atoms with Gasteiger partial charge in [-0.25, -0.2) is 14.5 Å². The lowest BCUT2D eigenvalue weighted by molar-refractivity contribution is -0.124. The Balaban J connectivity index is 1.68. The summed E-state index contributed by atoms with van der Waals surface area (Å²) in [5, 5.41) is 4.33. The largest absolute Gasteiger partial charge is 0.465 e. The number of carbonyl (C=O) groups excluding carboxylic acids is 2. The van der Waals surface area contributed by atoms with Crippen LogP contribution in [0.15, 0.2) is 18.7 Å². The van der Waals surface area contributed by atoms with Crippen molar-refractivity contribution in [2.45, 2.75) is 96.6 Å². The van der Waals surface area contributed by atoms with Crippen LogP contribution in [-0.2, 0) is 14.9 Å². The summed E-state index contributed by atoms with van der Waals surface area (Å²) in [5.41, 5.74) is 0.625. The first-order valence-corrected chi connectivity index (χ1v) is 13.4. The van der Waals surface area contributed by atoms with Gasteiger partial charge in [0.1, 0.15) is 17.5 Å². The Hall–Kier alpha value is -2.22. The summed E-state index contributed by atoms with van der Waals surface area (Å²) in [4.78, 5) is 34.7. The highest BCUT2D eigenvalue weighted by molar-refractivity contribution is 7.14. The van der Waals surface area contributed by atoms with Gasteiger partial charge >= 0.3 is 5.97 Å². The van der Waals surface area contributed by atoms with Gasteiger partial charge < -0.3 is 9.64 Å². The van der Waals surface area contributed by atoms with Gasteiger partial charge in [-0.15, -0.1) is 11.3 Å². The van der Waals surface area contributed by atoms with Crippen LogP contribution in [0.3, 0.4) is 0 Å². The zero-order valence-corrected chi connectivity index (χ0v) is 21.9. The lowest BCUT2D eigenvalue weighted by Crippen LogP contribution is -2.46. The van der Waals surface area contributed by atoms with Gasteiger partial charge in [0.05, 0.1) is 18.8 Å². The second-order valence-electron chi connectivity index (χ2n) is 11.1. The first kappa shape index (κ1) is 24.9. The molecule has 186 valence electrons. The molecule has 0 aliphatic heterocycles. The highest BCUT2D eigenvalue weighted by Gasteiger charge is 2.38. The number of aromatic nitrogens is 3. The number of esters is 1. The van der Waals surface area contributed by atoms with Gasteiger partial charge in [-0.1, -0.05) is 27.7 Å². The SMILES string of the molecule is COC(=O)c1sc(C(C)(C)C)cc1N(C(=O)C1CCC(C)CC1)C1CCC(n2cncn2)CC1. The molecular weight excluding hydrogens is 448 g/mol. The normalized spacial score (nSPS) is 25.7. The molecule has 0 unspecified atom stereocenters. The number of methoxy groups -OCH3 is 1. The van der Waals surface area contributed by atoms with E-state index in [0.717, 1.165) is 61.9 Å². The first-order valence-electron chi connectivity index (χ1n) is 12.6. The Morgan fingerprint density at radius 2 is 1.76 bits per heavy atom. The van der Waals surface area contributed by atoms with E-state index in [1.165, 1.54) is 18.4 Å². The van der Waals surface area contributed by atoms with Crippen LogP contribution < -0.4 is 4.90 Å². The molecule has 2 aliphatic carbocycles. The highest BCUT2D eigenvalue weighted by atomic mass is 32.1. The van der Waals surface area contributed by atoms with Gasteiger partial charge in [0.15, 0.2) is 0 Å². The van der Waals surface area contributed by atoms with Crippen molar-refractivity contribution in [2.24, 2.45) is 11.8 Å². The maximum atomic E-state index is 14.1. The number of ether oxygens (including phenoxy) is 1. The zero-order valence-electron chi connectivity index (χ0n) is 21.1. The van der Waals surface area contributed by atoms with E-state index in [9.17, 15) is 9.59 Å². The maximum Gasteiger partial charge on any atom is 0.350 e. The minimum Gasteiger partial charge on any atom is -0.465 e. The molecule has 2 heterocycles. The van der Waals surface area contributed by atoms with Crippen LogP contribution in [0.1, 0.15) is 99.7 Å². The van der Waals surface area contributed by atoms with Crippen molar-refractivity contribution in [3.05, 3.63) is 28.5 Å². The fourth-order valence-corrected chi connectivity index (χ4v) is 6.48. The van der Waals surface area contributed by atoms with Gasteiger partial charge in [-0.05, 0) is 68.8 Å². The molecule has 2 aromatic rings. The molecule has 2 aliphatic rings. The molecule has 0 bridgehead atoms. The van der Waals surface area contributed by atoms with E-state index in [1.54, 1.807) is 12.7 Å². The molecule has 8 heteroatoms. The Bertz CT molecular complexity index is 978. The third kappa shape index (κ3) is 5.21. The van der Waals surface area contributed by atoms with Gasteiger partial charge in [0.2, 0.25) is 5.91 Å². The Labute approximate surface area is 206 Å². The number of amides is 1. The van der Waals surface area contributed by atoms with E-state index in [1.807, 2.05) is 9.58 Å². The molecule has 0 radical (unpaired) electrons. The number of thiophene rings is 1. The molecule has 0 spiro atoms. The van der Waals surface area contributed by atoms with E-state index in [4.69, 9.17) is 4.74 Å². The van der Waals surface area contributed by atoms with Crippen LogP contribution in [0.25, 0.3) is 0 Å². The number of carbonyl (C=O) groups is 2. The summed E-state index contributed by atoms with van der Waals surface area (Å²) >= 11 is 1.46. The Kier molecular flexibility index (Phi) is 7.45. The van der Waals surface area contributed by atoms with E-state index < -0.39 is 0 Å². The van der Waals surface area contributed by atoms with Crippen LogP contribution >= 0.6 is 11.3 Å². The second kappa shape index (κ2) is 10.2. The van der Waals surface area contributed by atoms with Crippen molar-refractivity contribution in [1.82, 2.24) is 14.8 Å². The fraction of sp³-hybridized carbons (Fsp3) is 0.692. The lowest BCUT2D eigenvalue weighted by Gasteiger charge is -2.39. The summed E-state index contributed by atoms with van der Waals surface area (Å²) in [6.45, 7) is 8.69. The Morgan fingerprint density at radius 1 is 1.09 bits per heavy atom. The Morgan fingerprint density at radius 3 is 2.32 bits per heavy atom. The van der Waals surface area contributed by atoms with Crippen molar-refractivity contribution in [2.75, 3.05) is 12.0 Å². The molecule has 1 amide bonds. The predicted octanol–water partition coefficient (Wildman–Crippen LogP) is 5.77. The summed E-state index contributed by atoms with van der Waals surface area (Å²) in [7, 11) is 1.42. The third-order valence-electron chi connectivity index (χ3n) is 7.53. The first-order chi connectivity index (χ1) is 16.2. The van der Waals surface area contributed by atoms with Crippen molar-refractivity contribution in [3.63, 3.8) is 0 Å². The van der Waals surface area contributed by atoms with E-state index in [2.05, 4.69) is 43.8 Å². The molecule has 0 aromatic carbocycles. The fourth-order valence-electron chi connectivity index (χ4n) is 5.35. The molecule has 2 aromatic heterocycles. The monoisotopic (exact) mass is 486 g/mol. The molecule has 4 rings (SSSR count). The smallest absolute Gasteiger partial charge is 0.350 e. The number of anilines is 1. The van der Waals surface area contributed by atoms with Crippen LogP contribution in [0.4, 0.5) is 5.69 Å². The predicted molar refractivity (Wildman–Crippen MR) is 134 cm³/mol. The summed E-state index contributed by atoms with van der Waals surface area (Å²) in [5.74, 6) is 0.518. The van der Waals surface area contributed by atoms with Gasteiger partial charge in [-0.3, -0.25) is 4.79 Å². The van der Waals surface area contributed by atoms with Crippen molar-refractivity contribution in [3.8, 4) is 0 Å². The van der Waals surface area contributed by atoms with Gasteiger partial charge in [0, 0.05) is 16.8 Å². The second-order valence-corrected chi connectivity index (χ2v) is 12.1. The third-order valence-corrected chi connectivity index (χ3v) is 9.06. The zero-order chi connectivity index (χ0) is 24.5. The van der Waals surface area contributed by atoms with Crippen molar-refractivity contribution >= 4 is 28.9 Å². The van der Waals surface area contributed by atoms with Gasteiger partial charge in [-0.2, -0.15) is 5.10 Å². The molecule has 2 fully saturated rings. The quantitative estimate of drug-likeness (QED) is 0.502. The molecule has 0 atom stereocenters.